The van der Waals surface area contributed by atoms with Gasteiger partial charge in [-0.25, -0.2) is 14.2 Å². The largest absolute Gasteiger partial charge is 0.490 e. The lowest BCUT2D eigenvalue weighted by Crippen LogP contribution is -2.36. The smallest absolute Gasteiger partial charge is 0.475 e. The Hall–Kier alpha value is -3.15. The van der Waals surface area contributed by atoms with Crippen molar-refractivity contribution in [2.75, 3.05) is 19.7 Å². The average molecular weight is 460 g/mol. The molecule has 2 aromatic heterocycles. The first-order valence-corrected chi connectivity index (χ1v) is 9.59. The lowest BCUT2D eigenvalue weighted by molar-refractivity contribution is -0.192. The molecule has 0 radical (unpaired) electrons. The summed E-state index contributed by atoms with van der Waals surface area (Å²) in [6.45, 7) is 1.54. The number of aliphatic carboxylic acids is 1. The van der Waals surface area contributed by atoms with Gasteiger partial charge in [-0.2, -0.15) is 13.2 Å². The summed E-state index contributed by atoms with van der Waals surface area (Å²) in [6.07, 6.45) is -0.664. The van der Waals surface area contributed by atoms with Gasteiger partial charge in [0, 0.05) is 25.7 Å². The fourth-order valence-electron chi connectivity index (χ4n) is 3.51. The molecular weight excluding hydrogens is 440 g/mol. The van der Waals surface area contributed by atoms with E-state index in [9.17, 15) is 22.4 Å². The second-order valence-corrected chi connectivity index (χ2v) is 7.35. The van der Waals surface area contributed by atoms with Crippen molar-refractivity contribution in [3.8, 4) is 5.88 Å². The summed E-state index contributed by atoms with van der Waals surface area (Å²) in [7, 11) is 0. The van der Waals surface area contributed by atoms with Gasteiger partial charge in [0.25, 0.3) is 5.88 Å². The average Bonchev–Trinajstić information content (AvgIpc) is 3.46. The minimum Gasteiger partial charge on any atom is -0.475 e. The number of likely N-dealkylation sites (tertiary alicyclic amines) is 1. The van der Waals surface area contributed by atoms with Gasteiger partial charge in [0.05, 0.1) is 24.9 Å². The Morgan fingerprint density at radius 2 is 2.06 bits per heavy atom. The Bertz CT molecular complexity index is 936. The Morgan fingerprint density at radius 1 is 1.31 bits per heavy atom. The molecule has 1 spiro atoms. The van der Waals surface area contributed by atoms with Crippen LogP contribution in [0.3, 0.4) is 0 Å². The second kappa shape index (κ2) is 9.55. The molecule has 0 aromatic carbocycles. The van der Waals surface area contributed by atoms with E-state index < -0.39 is 23.6 Å². The van der Waals surface area contributed by atoms with Crippen molar-refractivity contribution in [1.82, 2.24) is 9.88 Å². The summed E-state index contributed by atoms with van der Waals surface area (Å²) in [5, 5.41) is 7.12. The van der Waals surface area contributed by atoms with Gasteiger partial charge in [0.2, 0.25) is 5.91 Å². The fraction of sp³-hybridized carbons (Fsp3) is 0.450. The van der Waals surface area contributed by atoms with Crippen LogP contribution in [0.2, 0.25) is 0 Å². The highest BCUT2D eigenvalue weighted by Gasteiger charge is 2.47. The zero-order valence-corrected chi connectivity index (χ0v) is 16.7. The van der Waals surface area contributed by atoms with Gasteiger partial charge in [-0.15, -0.1) is 0 Å². The number of carbonyl (C=O) groups excluding carboxylic acids is 1. The van der Waals surface area contributed by atoms with Crippen molar-refractivity contribution < 1.29 is 46.1 Å². The maximum absolute atomic E-state index is 13.7. The number of hydrogen-bond acceptors (Lipinski definition) is 6. The normalized spacial score (nSPS) is 22.5. The summed E-state index contributed by atoms with van der Waals surface area (Å²) in [5.74, 6) is -2.56. The predicted octanol–water partition coefficient (Wildman–Crippen LogP) is 2.83. The minimum atomic E-state index is -5.08. The molecule has 174 valence electrons. The molecule has 2 aliphatic rings. The van der Waals surface area contributed by atoms with Gasteiger partial charge >= 0.3 is 12.1 Å². The zero-order valence-electron chi connectivity index (χ0n) is 16.7. The van der Waals surface area contributed by atoms with Crippen LogP contribution in [-0.2, 0) is 20.7 Å². The molecule has 8 nitrogen and oxygen atoms in total. The molecule has 2 aliphatic heterocycles. The van der Waals surface area contributed by atoms with E-state index in [1.54, 1.807) is 23.3 Å². The molecule has 0 unspecified atom stereocenters. The van der Waals surface area contributed by atoms with E-state index in [0.717, 1.165) is 6.42 Å². The maximum atomic E-state index is 13.7. The molecule has 4 heterocycles. The molecule has 2 aromatic rings. The molecule has 12 heteroatoms. The molecule has 0 bridgehead atoms. The van der Waals surface area contributed by atoms with Gasteiger partial charge in [0.15, 0.2) is 5.82 Å². The summed E-state index contributed by atoms with van der Waals surface area (Å²) < 4.78 is 62.2. The van der Waals surface area contributed by atoms with Crippen LogP contribution in [0.25, 0.3) is 0 Å². The van der Waals surface area contributed by atoms with E-state index >= 15 is 0 Å². The SMILES string of the molecule is O=C(Cc1ccco1)N1CC[C@]2(C[C@@H](Oc3ncccc3F)CO2)C1.O=C(O)C(F)(F)F. The number of rotatable bonds is 4. The van der Waals surface area contributed by atoms with Crippen LogP contribution in [0.15, 0.2) is 41.1 Å². The van der Waals surface area contributed by atoms with E-state index in [0.29, 0.717) is 31.9 Å². The van der Waals surface area contributed by atoms with E-state index in [2.05, 4.69) is 4.98 Å². The van der Waals surface area contributed by atoms with Crippen molar-refractivity contribution in [1.29, 1.82) is 0 Å². The van der Waals surface area contributed by atoms with Crippen molar-refractivity contribution in [3.05, 3.63) is 48.3 Å². The van der Waals surface area contributed by atoms with Crippen molar-refractivity contribution in [2.45, 2.75) is 37.1 Å². The summed E-state index contributed by atoms with van der Waals surface area (Å²) >= 11 is 0. The number of amides is 1. The van der Waals surface area contributed by atoms with Gasteiger partial charge in [-0.3, -0.25) is 4.79 Å². The summed E-state index contributed by atoms with van der Waals surface area (Å²) in [6, 6.07) is 6.40. The second-order valence-electron chi connectivity index (χ2n) is 7.35. The predicted molar refractivity (Wildman–Crippen MR) is 99.2 cm³/mol. The Balaban J connectivity index is 0.000000360. The molecule has 2 fully saturated rings. The molecule has 2 atom stereocenters. The maximum Gasteiger partial charge on any atom is 0.490 e. The number of carboxylic acids is 1. The molecule has 1 amide bonds. The topological polar surface area (TPSA) is 102 Å². The number of carboxylic acid groups (broad SMARTS) is 1. The molecule has 32 heavy (non-hydrogen) atoms. The first kappa shape index (κ1) is 23.5. The third-order valence-electron chi connectivity index (χ3n) is 5.00. The van der Waals surface area contributed by atoms with Crippen molar-refractivity contribution >= 4 is 11.9 Å². The standard InChI is InChI=1S/C18H19FN2O4.C2HF3O2/c19-15-4-1-6-20-17(15)25-14-10-18(24-11-14)5-7-21(12-18)16(22)9-13-3-2-8-23-13;3-2(4,5)1(6)7/h1-4,6,8,14H,5,7,9-12H2;(H,6,7)/t14-,18+;/m1./s1. The van der Waals surface area contributed by atoms with Crippen molar-refractivity contribution in [2.24, 2.45) is 0 Å². The highest BCUT2D eigenvalue weighted by Crippen LogP contribution is 2.36. The number of aromatic nitrogens is 1. The summed E-state index contributed by atoms with van der Waals surface area (Å²) in [4.78, 5) is 27.0. The number of hydrogen-bond donors (Lipinski definition) is 1. The molecule has 1 N–H and O–H groups in total. The fourth-order valence-corrected chi connectivity index (χ4v) is 3.51. The van der Waals surface area contributed by atoms with Gasteiger partial charge in [0.1, 0.15) is 11.9 Å². The van der Waals surface area contributed by atoms with E-state index in [1.807, 2.05) is 0 Å². The molecule has 4 rings (SSSR count). The number of alkyl halides is 3. The highest BCUT2D eigenvalue weighted by molar-refractivity contribution is 5.78. The van der Waals surface area contributed by atoms with Crippen LogP contribution in [0.4, 0.5) is 17.6 Å². The van der Waals surface area contributed by atoms with E-state index in [-0.39, 0.29) is 24.3 Å². The van der Waals surface area contributed by atoms with Crippen LogP contribution in [0.5, 0.6) is 5.88 Å². The number of pyridine rings is 1. The van der Waals surface area contributed by atoms with Crippen LogP contribution >= 0.6 is 0 Å². The van der Waals surface area contributed by atoms with Crippen molar-refractivity contribution in [3.63, 3.8) is 0 Å². The Labute approximate surface area is 179 Å². The number of nitrogens with zero attached hydrogens (tertiary/aromatic N) is 2. The monoisotopic (exact) mass is 460 g/mol. The number of furan rings is 1. The van der Waals surface area contributed by atoms with E-state index in [4.69, 9.17) is 23.8 Å². The quantitative estimate of drug-likeness (QED) is 0.700. The Kier molecular flexibility index (Phi) is 7.02. The zero-order chi connectivity index (χ0) is 23.4. The summed E-state index contributed by atoms with van der Waals surface area (Å²) in [5.41, 5.74) is -0.408. The van der Waals surface area contributed by atoms with E-state index in [1.165, 1.54) is 18.3 Å². The van der Waals surface area contributed by atoms with Crippen LogP contribution in [0.1, 0.15) is 18.6 Å². The first-order chi connectivity index (χ1) is 15.1. The molecule has 2 saturated heterocycles. The highest BCUT2D eigenvalue weighted by atomic mass is 19.4. The third-order valence-corrected chi connectivity index (χ3v) is 5.00. The lowest BCUT2D eigenvalue weighted by Gasteiger charge is -2.23. The number of carbonyl (C=O) groups is 2. The molecule has 0 saturated carbocycles. The number of ether oxygens (including phenoxy) is 2. The first-order valence-electron chi connectivity index (χ1n) is 9.59. The Morgan fingerprint density at radius 3 is 2.69 bits per heavy atom. The van der Waals surface area contributed by atoms with Gasteiger partial charge in [-0.05, 0) is 30.7 Å². The van der Waals surface area contributed by atoms with Crippen LogP contribution in [0, 0.1) is 5.82 Å². The lowest BCUT2D eigenvalue weighted by atomic mass is 9.98. The van der Waals surface area contributed by atoms with Gasteiger partial charge in [-0.1, -0.05) is 0 Å². The molecular formula is C20H20F4N2O6. The number of halogens is 4. The minimum absolute atomic E-state index is 0.00287. The van der Waals surface area contributed by atoms with Gasteiger partial charge < -0.3 is 23.9 Å². The molecule has 0 aliphatic carbocycles. The van der Waals surface area contributed by atoms with Crippen LogP contribution < -0.4 is 4.74 Å². The van der Waals surface area contributed by atoms with Crippen LogP contribution in [-0.4, -0.2) is 64.4 Å². The third kappa shape index (κ3) is 5.96.